The normalized spacial score (nSPS) is 10.3. The van der Waals surface area contributed by atoms with Crippen LogP contribution in [0.2, 0.25) is 0 Å². The molecule has 0 aliphatic rings. The third-order valence-electron chi connectivity index (χ3n) is 2.73. The molecule has 1 aromatic heterocycles. The molecule has 0 amide bonds. The second-order valence-electron chi connectivity index (χ2n) is 4.13. The Morgan fingerprint density at radius 1 is 1.35 bits per heavy atom. The average molecular weight is 292 g/mol. The number of rotatable bonds is 5. The van der Waals surface area contributed by atoms with E-state index in [0.717, 1.165) is 16.1 Å². The van der Waals surface area contributed by atoms with Crippen molar-refractivity contribution in [3.05, 3.63) is 40.4 Å². The van der Waals surface area contributed by atoms with Crippen LogP contribution in [0.3, 0.4) is 0 Å². The van der Waals surface area contributed by atoms with Crippen molar-refractivity contribution in [2.24, 2.45) is 0 Å². The number of aryl methyl sites for hydroxylation is 1. The molecule has 1 aromatic carbocycles. The topological polar surface area (TPSA) is 60.5 Å². The van der Waals surface area contributed by atoms with Crippen LogP contribution < -0.4 is 5.32 Å². The van der Waals surface area contributed by atoms with E-state index in [9.17, 15) is 4.79 Å². The minimum Gasteiger partial charge on any atom is -0.464 e. The zero-order valence-electron chi connectivity index (χ0n) is 11.6. The van der Waals surface area contributed by atoms with Crippen molar-refractivity contribution in [3.8, 4) is 0 Å². The van der Waals surface area contributed by atoms with Crippen molar-refractivity contribution in [1.29, 1.82) is 0 Å². The number of anilines is 2. The molecule has 0 bridgehead atoms. The van der Waals surface area contributed by atoms with Gasteiger partial charge in [-0.1, -0.05) is 18.2 Å². The molecule has 0 aliphatic heterocycles. The van der Waals surface area contributed by atoms with Crippen LogP contribution in [0.1, 0.15) is 20.9 Å². The monoisotopic (exact) mass is 292 g/mol. The lowest BCUT2D eigenvalue weighted by atomic mass is 10.2. The number of ether oxygens (including phenoxy) is 2. The molecular formula is C14H16N2O3S. The van der Waals surface area contributed by atoms with Gasteiger partial charge in [0.2, 0.25) is 0 Å². The third kappa shape index (κ3) is 3.15. The molecule has 0 radical (unpaired) electrons. The summed E-state index contributed by atoms with van der Waals surface area (Å²) in [6, 6.07) is 7.81. The Morgan fingerprint density at radius 3 is 2.80 bits per heavy atom. The number of hydrogen-bond donors (Lipinski definition) is 1. The Labute approximate surface area is 121 Å². The van der Waals surface area contributed by atoms with Crippen LogP contribution in [0.4, 0.5) is 10.8 Å². The smallest absolute Gasteiger partial charge is 0.357 e. The number of nitrogens with zero attached hydrogens (tertiary/aromatic N) is 1. The van der Waals surface area contributed by atoms with Gasteiger partial charge in [0, 0.05) is 23.2 Å². The first-order chi connectivity index (χ1) is 9.65. The van der Waals surface area contributed by atoms with Gasteiger partial charge in [-0.2, -0.15) is 0 Å². The molecule has 0 fully saturated rings. The molecule has 0 atom stereocenters. The fraction of sp³-hybridized carbons (Fsp3) is 0.286. The minimum atomic E-state index is -0.419. The van der Waals surface area contributed by atoms with Gasteiger partial charge in [-0.15, -0.1) is 11.3 Å². The molecule has 5 nitrogen and oxygen atoms in total. The number of benzene rings is 1. The third-order valence-corrected chi connectivity index (χ3v) is 3.62. The van der Waals surface area contributed by atoms with E-state index >= 15 is 0 Å². The molecule has 20 heavy (non-hydrogen) atoms. The number of esters is 1. The summed E-state index contributed by atoms with van der Waals surface area (Å²) in [5.74, 6) is -0.419. The highest BCUT2D eigenvalue weighted by molar-refractivity contribution is 7.15. The molecule has 2 rings (SSSR count). The van der Waals surface area contributed by atoms with E-state index in [-0.39, 0.29) is 0 Å². The van der Waals surface area contributed by atoms with E-state index in [2.05, 4.69) is 10.3 Å². The van der Waals surface area contributed by atoms with Crippen LogP contribution in [0.5, 0.6) is 0 Å². The van der Waals surface area contributed by atoms with Crippen LogP contribution in [-0.4, -0.2) is 25.2 Å². The van der Waals surface area contributed by atoms with Gasteiger partial charge in [0.05, 0.1) is 13.7 Å². The lowest BCUT2D eigenvalue weighted by Crippen LogP contribution is -2.03. The van der Waals surface area contributed by atoms with E-state index < -0.39 is 5.97 Å². The van der Waals surface area contributed by atoms with Gasteiger partial charge in [-0.05, 0) is 13.0 Å². The number of thiazole rings is 1. The van der Waals surface area contributed by atoms with E-state index in [1.807, 2.05) is 31.2 Å². The van der Waals surface area contributed by atoms with Crippen LogP contribution in [0.25, 0.3) is 0 Å². The van der Waals surface area contributed by atoms with Crippen LogP contribution in [0.15, 0.2) is 24.3 Å². The van der Waals surface area contributed by atoms with Crippen LogP contribution in [0, 0.1) is 6.92 Å². The number of carbonyl (C=O) groups excluding carboxylic acids is 1. The van der Waals surface area contributed by atoms with Gasteiger partial charge in [-0.3, -0.25) is 0 Å². The zero-order chi connectivity index (χ0) is 14.5. The molecule has 1 N–H and O–H groups in total. The van der Waals surface area contributed by atoms with Crippen molar-refractivity contribution in [3.63, 3.8) is 0 Å². The van der Waals surface area contributed by atoms with E-state index in [1.54, 1.807) is 7.11 Å². The molecule has 0 aliphatic carbocycles. The van der Waals surface area contributed by atoms with Gasteiger partial charge in [-0.25, -0.2) is 9.78 Å². The number of nitrogens with one attached hydrogen (secondary N) is 1. The molecular weight excluding hydrogens is 276 g/mol. The molecule has 6 heteroatoms. The molecule has 1 heterocycles. The summed E-state index contributed by atoms with van der Waals surface area (Å²) in [7, 11) is 3.00. The second-order valence-corrected chi connectivity index (χ2v) is 5.33. The van der Waals surface area contributed by atoms with Crippen molar-refractivity contribution in [2.75, 3.05) is 19.5 Å². The Balaban J connectivity index is 2.24. The van der Waals surface area contributed by atoms with Crippen molar-refractivity contribution in [1.82, 2.24) is 4.98 Å². The first-order valence-electron chi connectivity index (χ1n) is 6.05. The fourth-order valence-electron chi connectivity index (χ4n) is 1.77. The summed E-state index contributed by atoms with van der Waals surface area (Å²) in [4.78, 5) is 16.6. The lowest BCUT2D eigenvalue weighted by Gasteiger charge is -2.08. The molecule has 0 unspecified atom stereocenters. The summed E-state index contributed by atoms with van der Waals surface area (Å²) >= 11 is 1.42. The van der Waals surface area contributed by atoms with Gasteiger partial charge in [0.15, 0.2) is 10.8 Å². The fourth-order valence-corrected chi connectivity index (χ4v) is 2.59. The highest BCUT2D eigenvalue weighted by atomic mass is 32.1. The Kier molecular flexibility index (Phi) is 4.70. The van der Waals surface area contributed by atoms with Gasteiger partial charge < -0.3 is 14.8 Å². The van der Waals surface area contributed by atoms with E-state index in [1.165, 1.54) is 18.4 Å². The first-order valence-corrected chi connectivity index (χ1v) is 6.87. The van der Waals surface area contributed by atoms with Crippen LogP contribution >= 0.6 is 11.3 Å². The SMILES string of the molecule is COCc1ccccc1Nc1nc(C(=O)OC)c(C)s1. The summed E-state index contributed by atoms with van der Waals surface area (Å²) in [6.07, 6.45) is 0. The summed E-state index contributed by atoms with van der Waals surface area (Å²) < 4.78 is 9.86. The minimum absolute atomic E-state index is 0.351. The average Bonchev–Trinajstić information content (AvgIpc) is 2.81. The Hall–Kier alpha value is -1.92. The number of para-hydroxylation sites is 1. The van der Waals surface area contributed by atoms with E-state index in [0.29, 0.717) is 17.4 Å². The summed E-state index contributed by atoms with van der Waals surface area (Å²) in [5, 5.41) is 3.88. The van der Waals surface area contributed by atoms with Crippen molar-refractivity contribution >= 4 is 28.1 Å². The summed E-state index contributed by atoms with van der Waals surface area (Å²) in [6.45, 7) is 2.35. The van der Waals surface area contributed by atoms with Gasteiger partial charge in [0.1, 0.15) is 0 Å². The van der Waals surface area contributed by atoms with Crippen LogP contribution in [-0.2, 0) is 16.1 Å². The number of methoxy groups -OCH3 is 2. The largest absolute Gasteiger partial charge is 0.464 e. The van der Waals surface area contributed by atoms with Gasteiger partial charge >= 0.3 is 5.97 Å². The zero-order valence-corrected chi connectivity index (χ0v) is 12.4. The molecule has 0 spiro atoms. The van der Waals surface area contributed by atoms with Gasteiger partial charge in [0.25, 0.3) is 0 Å². The van der Waals surface area contributed by atoms with Crippen molar-refractivity contribution in [2.45, 2.75) is 13.5 Å². The standard InChI is InChI=1S/C14H16N2O3S/c1-9-12(13(17)19-3)16-14(20-9)15-11-7-5-4-6-10(11)8-18-2/h4-7H,8H2,1-3H3,(H,15,16). The number of hydrogen-bond acceptors (Lipinski definition) is 6. The molecule has 106 valence electrons. The maximum atomic E-state index is 11.5. The number of carbonyl (C=O) groups is 1. The second kappa shape index (κ2) is 6.49. The molecule has 2 aromatic rings. The first kappa shape index (κ1) is 14.5. The highest BCUT2D eigenvalue weighted by Crippen LogP contribution is 2.27. The predicted molar refractivity (Wildman–Crippen MR) is 78.6 cm³/mol. The van der Waals surface area contributed by atoms with E-state index in [4.69, 9.17) is 9.47 Å². The van der Waals surface area contributed by atoms with Crippen molar-refractivity contribution < 1.29 is 14.3 Å². The maximum Gasteiger partial charge on any atom is 0.357 e. The summed E-state index contributed by atoms with van der Waals surface area (Å²) in [5.41, 5.74) is 2.30. The Morgan fingerprint density at radius 2 is 2.10 bits per heavy atom. The number of aromatic nitrogens is 1. The lowest BCUT2D eigenvalue weighted by molar-refractivity contribution is 0.0594. The highest BCUT2D eigenvalue weighted by Gasteiger charge is 2.16. The Bertz CT molecular complexity index is 610. The molecule has 0 saturated heterocycles. The predicted octanol–water partition coefficient (Wildman–Crippen LogP) is 3.13. The maximum absolute atomic E-state index is 11.5. The molecule has 0 saturated carbocycles. The quantitative estimate of drug-likeness (QED) is 0.858.